The van der Waals surface area contributed by atoms with E-state index in [4.69, 9.17) is 14.8 Å². The molecule has 0 bridgehead atoms. The van der Waals surface area contributed by atoms with Crippen LogP contribution in [-0.2, 0) is 17.9 Å². The van der Waals surface area contributed by atoms with Crippen LogP contribution in [0.5, 0.6) is 0 Å². The van der Waals surface area contributed by atoms with Crippen LogP contribution in [0.1, 0.15) is 35.4 Å². The topological polar surface area (TPSA) is 60.3 Å². The second-order valence-electron chi connectivity index (χ2n) is 7.67. The normalized spacial score (nSPS) is 14.4. The molecule has 0 aliphatic heterocycles. The molecule has 0 unspecified atom stereocenters. The van der Waals surface area contributed by atoms with Crippen molar-refractivity contribution in [2.45, 2.75) is 32.8 Å². The Kier molecular flexibility index (Phi) is 5.73. The first-order chi connectivity index (χ1) is 15.7. The SMILES string of the molecule is Cc1nc(-c2cccnc2)sc1-c1ccc2c(n1)C(=NOCc1cccc(F)c1)CCC2. The van der Waals surface area contributed by atoms with Crippen LogP contribution in [-0.4, -0.2) is 20.7 Å². The van der Waals surface area contributed by atoms with Crippen molar-refractivity contribution in [1.82, 2.24) is 15.0 Å². The smallest absolute Gasteiger partial charge is 0.142 e. The molecule has 4 aromatic rings. The maximum absolute atomic E-state index is 13.4. The maximum Gasteiger partial charge on any atom is 0.142 e. The van der Waals surface area contributed by atoms with E-state index in [2.05, 4.69) is 22.3 Å². The number of aryl methyl sites for hydroxylation is 2. The summed E-state index contributed by atoms with van der Waals surface area (Å²) in [7, 11) is 0. The molecule has 0 saturated heterocycles. The van der Waals surface area contributed by atoms with Crippen molar-refractivity contribution in [3.63, 3.8) is 0 Å². The van der Waals surface area contributed by atoms with Crippen molar-refractivity contribution in [2.24, 2.45) is 5.16 Å². The molecule has 0 N–H and O–H groups in total. The average molecular weight is 445 g/mol. The number of fused-ring (bicyclic) bond motifs is 1. The molecule has 32 heavy (non-hydrogen) atoms. The van der Waals surface area contributed by atoms with Gasteiger partial charge in [0.1, 0.15) is 23.1 Å². The van der Waals surface area contributed by atoms with Crippen molar-refractivity contribution in [1.29, 1.82) is 0 Å². The molecule has 0 atom stereocenters. The first kappa shape index (κ1) is 20.5. The molecule has 3 aromatic heterocycles. The van der Waals surface area contributed by atoms with Crippen molar-refractivity contribution < 1.29 is 9.23 Å². The summed E-state index contributed by atoms with van der Waals surface area (Å²) in [5.41, 5.74) is 6.45. The van der Waals surface area contributed by atoms with Crippen molar-refractivity contribution in [3.8, 4) is 21.1 Å². The number of pyridine rings is 2. The summed E-state index contributed by atoms with van der Waals surface area (Å²) in [5, 5.41) is 5.30. The third-order valence-corrected chi connectivity index (χ3v) is 6.57. The van der Waals surface area contributed by atoms with E-state index in [0.29, 0.717) is 0 Å². The lowest BCUT2D eigenvalue weighted by atomic mass is 9.94. The average Bonchev–Trinajstić information content (AvgIpc) is 3.21. The second-order valence-corrected chi connectivity index (χ2v) is 8.67. The number of oxime groups is 1. The molecule has 7 heteroatoms. The predicted molar refractivity (Wildman–Crippen MR) is 124 cm³/mol. The van der Waals surface area contributed by atoms with Gasteiger partial charge in [0.25, 0.3) is 0 Å². The van der Waals surface area contributed by atoms with E-state index in [1.165, 1.54) is 17.7 Å². The Morgan fingerprint density at radius 2 is 2.03 bits per heavy atom. The van der Waals surface area contributed by atoms with E-state index in [9.17, 15) is 4.39 Å². The fourth-order valence-electron chi connectivity index (χ4n) is 3.78. The lowest BCUT2D eigenvalue weighted by Crippen LogP contribution is -2.15. The third kappa shape index (κ3) is 4.29. The van der Waals surface area contributed by atoms with Gasteiger partial charge in [0, 0.05) is 18.0 Å². The molecule has 1 aliphatic rings. The molecule has 0 amide bonds. The van der Waals surface area contributed by atoms with Gasteiger partial charge in [0.15, 0.2) is 0 Å². The molecular formula is C25H21FN4OS. The Bertz CT molecular complexity index is 1290. The van der Waals surface area contributed by atoms with Crippen LogP contribution in [0.25, 0.3) is 21.1 Å². The van der Waals surface area contributed by atoms with Gasteiger partial charge in [-0.2, -0.15) is 0 Å². The maximum atomic E-state index is 13.4. The van der Waals surface area contributed by atoms with E-state index in [-0.39, 0.29) is 12.4 Å². The van der Waals surface area contributed by atoms with Gasteiger partial charge in [-0.15, -0.1) is 11.3 Å². The third-order valence-electron chi connectivity index (χ3n) is 5.34. The van der Waals surface area contributed by atoms with Gasteiger partial charge >= 0.3 is 0 Å². The molecule has 1 aliphatic carbocycles. The quantitative estimate of drug-likeness (QED) is 0.356. The lowest BCUT2D eigenvalue weighted by molar-refractivity contribution is 0.129. The molecular weight excluding hydrogens is 423 g/mol. The summed E-state index contributed by atoms with van der Waals surface area (Å²) in [6.45, 7) is 2.22. The highest BCUT2D eigenvalue weighted by Gasteiger charge is 2.20. The molecule has 160 valence electrons. The van der Waals surface area contributed by atoms with Crippen LogP contribution in [0.15, 0.2) is 66.1 Å². The van der Waals surface area contributed by atoms with Crippen LogP contribution in [0.4, 0.5) is 4.39 Å². The number of rotatable bonds is 5. The standard InChI is InChI=1S/C25H21FN4OS/c1-16-24(32-25(28-16)19-7-4-12-27-14-19)22-11-10-18-6-3-9-21(23(18)29-22)30-31-15-17-5-2-8-20(26)13-17/h2,4-5,7-8,10-14H,3,6,9,15H2,1H3. The van der Waals surface area contributed by atoms with E-state index >= 15 is 0 Å². The van der Waals surface area contributed by atoms with Crippen LogP contribution in [0.3, 0.4) is 0 Å². The van der Waals surface area contributed by atoms with Gasteiger partial charge < -0.3 is 4.84 Å². The zero-order valence-corrected chi connectivity index (χ0v) is 18.4. The van der Waals surface area contributed by atoms with E-state index < -0.39 is 0 Å². The zero-order chi connectivity index (χ0) is 21.9. The summed E-state index contributed by atoms with van der Waals surface area (Å²) >= 11 is 1.61. The summed E-state index contributed by atoms with van der Waals surface area (Å²) in [5.74, 6) is -0.279. The number of halogens is 1. The predicted octanol–water partition coefficient (Wildman–Crippen LogP) is 5.97. The van der Waals surface area contributed by atoms with Crippen LogP contribution in [0, 0.1) is 12.7 Å². The number of hydrogen-bond acceptors (Lipinski definition) is 6. The molecule has 5 nitrogen and oxygen atoms in total. The van der Waals surface area contributed by atoms with Gasteiger partial charge in [-0.1, -0.05) is 23.4 Å². The molecule has 1 aromatic carbocycles. The molecule has 3 heterocycles. The van der Waals surface area contributed by atoms with Crippen molar-refractivity contribution >= 4 is 17.0 Å². The lowest BCUT2D eigenvalue weighted by Gasteiger charge is -2.17. The molecule has 0 spiro atoms. The van der Waals surface area contributed by atoms with Gasteiger partial charge in [0.2, 0.25) is 0 Å². The largest absolute Gasteiger partial charge is 0.391 e. The van der Waals surface area contributed by atoms with E-state index in [1.54, 1.807) is 23.6 Å². The Morgan fingerprint density at radius 1 is 1.09 bits per heavy atom. The van der Waals surface area contributed by atoms with E-state index in [1.807, 2.05) is 31.3 Å². The van der Waals surface area contributed by atoms with Crippen molar-refractivity contribution in [2.75, 3.05) is 0 Å². The zero-order valence-electron chi connectivity index (χ0n) is 17.6. The number of benzene rings is 1. The monoisotopic (exact) mass is 444 g/mol. The summed E-state index contributed by atoms with van der Waals surface area (Å²) in [6, 6.07) is 14.5. The highest BCUT2D eigenvalue weighted by molar-refractivity contribution is 7.18. The summed E-state index contributed by atoms with van der Waals surface area (Å²) < 4.78 is 13.4. The number of thiazole rings is 1. The Hall–Kier alpha value is -3.45. The minimum Gasteiger partial charge on any atom is -0.391 e. The van der Waals surface area contributed by atoms with Gasteiger partial charge in [-0.25, -0.2) is 14.4 Å². The Morgan fingerprint density at radius 3 is 2.88 bits per heavy atom. The molecule has 0 saturated carbocycles. The first-order valence-electron chi connectivity index (χ1n) is 10.5. The minimum atomic E-state index is -0.279. The fourth-order valence-corrected chi connectivity index (χ4v) is 4.80. The second kappa shape index (κ2) is 8.96. The Labute approximate surface area is 189 Å². The number of hydrogen-bond donors (Lipinski definition) is 0. The van der Waals surface area contributed by atoms with Gasteiger partial charge in [-0.05, 0) is 67.6 Å². The van der Waals surface area contributed by atoms with Crippen LogP contribution < -0.4 is 0 Å². The van der Waals surface area contributed by atoms with Crippen LogP contribution in [0.2, 0.25) is 0 Å². The van der Waals surface area contributed by atoms with Crippen molar-refractivity contribution in [3.05, 3.63) is 89.3 Å². The number of nitrogens with zero attached hydrogens (tertiary/aromatic N) is 4. The highest BCUT2D eigenvalue weighted by atomic mass is 32.1. The Balaban J connectivity index is 1.42. The van der Waals surface area contributed by atoms with Gasteiger partial charge in [-0.3, -0.25) is 4.98 Å². The number of aromatic nitrogens is 3. The van der Waals surface area contributed by atoms with Gasteiger partial charge in [0.05, 0.1) is 22.0 Å². The van der Waals surface area contributed by atoms with E-state index in [0.717, 1.165) is 63.1 Å². The first-order valence-corrected chi connectivity index (χ1v) is 11.3. The fraction of sp³-hybridized carbons (Fsp3) is 0.200. The highest BCUT2D eigenvalue weighted by Crippen LogP contribution is 2.35. The minimum absolute atomic E-state index is 0.221. The molecule has 0 fully saturated rings. The van der Waals surface area contributed by atoms with Crippen LogP contribution >= 0.6 is 11.3 Å². The summed E-state index contributed by atoms with van der Waals surface area (Å²) in [4.78, 5) is 20.5. The molecule has 5 rings (SSSR count). The molecule has 0 radical (unpaired) electrons. The summed E-state index contributed by atoms with van der Waals surface area (Å²) in [6.07, 6.45) is 6.35.